The molecule has 0 aromatic heterocycles. The SMILES string of the molecule is Cc1cccc([N+](=O)[O-])c1C(=O)N1CCC([C@@H]2OCCC2C(=O)O)CC1. The number of carbonyl (C=O) groups excluding carboxylic acids is 1. The number of aliphatic carboxylic acids is 1. The maximum atomic E-state index is 12.8. The largest absolute Gasteiger partial charge is 0.481 e. The van der Waals surface area contributed by atoms with Crippen LogP contribution in [0.3, 0.4) is 0 Å². The smallest absolute Gasteiger partial charge is 0.309 e. The fraction of sp³-hybridized carbons (Fsp3) is 0.556. The molecule has 8 nitrogen and oxygen atoms in total. The van der Waals surface area contributed by atoms with Gasteiger partial charge >= 0.3 is 5.97 Å². The zero-order valence-electron chi connectivity index (χ0n) is 14.6. The minimum absolute atomic E-state index is 0.0921. The molecule has 0 aliphatic carbocycles. The summed E-state index contributed by atoms with van der Waals surface area (Å²) < 4.78 is 5.64. The quantitative estimate of drug-likeness (QED) is 0.650. The van der Waals surface area contributed by atoms with E-state index in [-0.39, 0.29) is 29.2 Å². The van der Waals surface area contributed by atoms with E-state index in [9.17, 15) is 24.8 Å². The normalized spacial score (nSPS) is 23.8. The highest BCUT2D eigenvalue weighted by Gasteiger charge is 2.41. The summed E-state index contributed by atoms with van der Waals surface area (Å²) in [4.78, 5) is 36.5. The van der Waals surface area contributed by atoms with Crippen molar-refractivity contribution in [2.75, 3.05) is 19.7 Å². The Hall–Kier alpha value is -2.48. The Morgan fingerprint density at radius 3 is 2.58 bits per heavy atom. The molecule has 0 saturated carbocycles. The van der Waals surface area contributed by atoms with Crippen molar-refractivity contribution in [1.29, 1.82) is 0 Å². The number of likely N-dealkylation sites (tertiary alicyclic amines) is 1. The van der Waals surface area contributed by atoms with E-state index in [2.05, 4.69) is 0 Å². The first-order valence-electron chi connectivity index (χ1n) is 8.78. The fourth-order valence-corrected chi connectivity index (χ4v) is 4.01. The van der Waals surface area contributed by atoms with Crippen molar-refractivity contribution in [3.05, 3.63) is 39.4 Å². The molecule has 1 aromatic rings. The number of carboxylic acid groups (broad SMARTS) is 1. The molecule has 2 fully saturated rings. The van der Waals surface area contributed by atoms with Crippen molar-refractivity contribution in [1.82, 2.24) is 4.90 Å². The van der Waals surface area contributed by atoms with Crippen LogP contribution in [0.4, 0.5) is 5.69 Å². The van der Waals surface area contributed by atoms with E-state index in [1.165, 1.54) is 6.07 Å². The Labute approximate surface area is 150 Å². The molecule has 8 heteroatoms. The topological polar surface area (TPSA) is 110 Å². The van der Waals surface area contributed by atoms with Crippen molar-refractivity contribution >= 4 is 17.6 Å². The lowest BCUT2D eigenvalue weighted by atomic mass is 9.84. The third-order valence-corrected chi connectivity index (χ3v) is 5.41. The highest BCUT2D eigenvalue weighted by molar-refractivity contribution is 5.99. The number of ether oxygens (including phenoxy) is 1. The summed E-state index contributed by atoms with van der Waals surface area (Å²) in [5.74, 6) is -1.56. The van der Waals surface area contributed by atoms with Gasteiger partial charge in [0.25, 0.3) is 11.6 Å². The molecule has 1 amide bonds. The van der Waals surface area contributed by atoms with E-state index in [0.29, 0.717) is 44.5 Å². The second kappa shape index (κ2) is 7.41. The molecule has 2 aliphatic heterocycles. The molecule has 2 saturated heterocycles. The standard InChI is InChI=1S/C18H22N2O6/c1-11-3-2-4-14(20(24)25)15(11)17(21)19-8-5-12(6-9-19)16-13(18(22)23)7-10-26-16/h2-4,12-13,16H,5-10H2,1H3,(H,22,23)/t13?,16-/m0/s1. The third kappa shape index (κ3) is 3.41. The van der Waals surface area contributed by atoms with Crippen LogP contribution in [0.5, 0.6) is 0 Å². The van der Waals surface area contributed by atoms with Crippen LogP contribution in [0.15, 0.2) is 18.2 Å². The van der Waals surface area contributed by atoms with Gasteiger partial charge in [0.05, 0.1) is 16.9 Å². The van der Waals surface area contributed by atoms with Gasteiger partial charge in [0.1, 0.15) is 5.56 Å². The molecule has 2 atom stereocenters. The van der Waals surface area contributed by atoms with Gasteiger partial charge in [-0.25, -0.2) is 0 Å². The van der Waals surface area contributed by atoms with Crippen LogP contribution >= 0.6 is 0 Å². The summed E-state index contributed by atoms with van der Waals surface area (Å²) in [7, 11) is 0. The molecular weight excluding hydrogens is 340 g/mol. The lowest BCUT2D eigenvalue weighted by molar-refractivity contribution is -0.385. The zero-order valence-corrected chi connectivity index (χ0v) is 14.6. The van der Waals surface area contributed by atoms with Crippen LogP contribution in [-0.2, 0) is 9.53 Å². The zero-order chi connectivity index (χ0) is 18.8. The lowest BCUT2D eigenvalue weighted by Crippen LogP contribution is -2.43. The first kappa shape index (κ1) is 18.3. The van der Waals surface area contributed by atoms with Crippen LogP contribution in [0.2, 0.25) is 0 Å². The van der Waals surface area contributed by atoms with Gasteiger partial charge in [-0.3, -0.25) is 19.7 Å². The number of carboxylic acids is 1. The summed E-state index contributed by atoms with van der Waals surface area (Å²) in [5, 5.41) is 20.6. The molecule has 1 N–H and O–H groups in total. The Kier molecular flexibility index (Phi) is 5.22. The molecule has 2 aliphatic rings. The maximum Gasteiger partial charge on any atom is 0.309 e. The number of aryl methyl sites for hydroxylation is 1. The molecule has 1 unspecified atom stereocenters. The van der Waals surface area contributed by atoms with Gasteiger partial charge in [-0.05, 0) is 37.7 Å². The molecule has 1 aromatic carbocycles. The monoisotopic (exact) mass is 362 g/mol. The third-order valence-electron chi connectivity index (χ3n) is 5.41. The van der Waals surface area contributed by atoms with E-state index < -0.39 is 16.8 Å². The van der Waals surface area contributed by atoms with E-state index in [1.807, 2.05) is 0 Å². The lowest BCUT2D eigenvalue weighted by Gasteiger charge is -2.35. The molecule has 2 heterocycles. The Morgan fingerprint density at radius 1 is 1.27 bits per heavy atom. The van der Waals surface area contributed by atoms with Crippen LogP contribution in [0, 0.1) is 28.9 Å². The molecule has 0 radical (unpaired) electrons. The summed E-state index contributed by atoms with van der Waals surface area (Å²) in [6, 6.07) is 4.60. The average molecular weight is 362 g/mol. The molecular formula is C18H22N2O6. The van der Waals surface area contributed by atoms with E-state index in [4.69, 9.17) is 4.74 Å². The van der Waals surface area contributed by atoms with Crippen molar-refractivity contribution in [3.8, 4) is 0 Å². The number of nitro benzene ring substituents is 1. The van der Waals surface area contributed by atoms with Gasteiger partial charge in [-0.1, -0.05) is 12.1 Å². The highest BCUT2D eigenvalue weighted by atomic mass is 16.6. The molecule has 0 bridgehead atoms. The number of rotatable bonds is 4. The van der Waals surface area contributed by atoms with Crippen molar-refractivity contribution in [2.24, 2.45) is 11.8 Å². The van der Waals surface area contributed by atoms with E-state index >= 15 is 0 Å². The first-order chi connectivity index (χ1) is 12.4. The number of piperidine rings is 1. The van der Waals surface area contributed by atoms with Crippen molar-refractivity contribution in [2.45, 2.75) is 32.3 Å². The number of nitro groups is 1. The summed E-state index contributed by atoms with van der Waals surface area (Å²) in [6.45, 7) is 3.04. The molecule has 140 valence electrons. The number of nitrogens with zero attached hydrogens (tertiary/aromatic N) is 2. The van der Waals surface area contributed by atoms with Gasteiger partial charge < -0.3 is 14.7 Å². The second-order valence-electron chi connectivity index (χ2n) is 6.92. The fourth-order valence-electron chi connectivity index (χ4n) is 4.01. The van der Waals surface area contributed by atoms with Gasteiger partial charge in [0, 0.05) is 25.8 Å². The Balaban J connectivity index is 1.70. The minimum atomic E-state index is -0.832. The van der Waals surface area contributed by atoms with Gasteiger partial charge in [-0.2, -0.15) is 0 Å². The number of amides is 1. The van der Waals surface area contributed by atoms with Crippen molar-refractivity contribution in [3.63, 3.8) is 0 Å². The Bertz CT molecular complexity index is 726. The number of benzene rings is 1. The molecule has 26 heavy (non-hydrogen) atoms. The number of carbonyl (C=O) groups is 2. The summed E-state index contributed by atoms with van der Waals surface area (Å²) in [5.41, 5.74) is 0.537. The highest BCUT2D eigenvalue weighted by Crippen LogP contribution is 2.34. The second-order valence-corrected chi connectivity index (χ2v) is 6.92. The van der Waals surface area contributed by atoms with Crippen LogP contribution in [0.1, 0.15) is 35.2 Å². The van der Waals surface area contributed by atoms with Gasteiger partial charge in [0.2, 0.25) is 0 Å². The Morgan fingerprint density at radius 2 is 1.96 bits per heavy atom. The molecule has 3 rings (SSSR count). The first-order valence-corrected chi connectivity index (χ1v) is 8.78. The summed E-state index contributed by atoms with van der Waals surface area (Å²) >= 11 is 0. The number of hydrogen-bond donors (Lipinski definition) is 1. The minimum Gasteiger partial charge on any atom is -0.481 e. The maximum absolute atomic E-state index is 12.8. The van der Waals surface area contributed by atoms with Crippen LogP contribution in [0.25, 0.3) is 0 Å². The van der Waals surface area contributed by atoms with E-state index in [0.717, 1.165) is 0 Å². The van der Waals surface area contributed by atoms with Crippen LogP contribution in [-0.4, -0.2) is 52.6 Å². The summed E-state index contributed by atoms with van der Waals surface area (Å²) in [6.07, 6.45) is 1.49. The molecule has 0 spiro atoms. The predicted octanol–water partition coefficient (Wildman–Crippen LogP) is 2.25. The average Bonchev–Trinajstić information content (AvgIpc) is 3.11. The van der Waals surface area contributed by atoms with E-state index in [1.54, 1.807) is 24.0 Å². The van der Waals surface area contributed by atoms with Crippen molar-refractivity contribution < 1.29 is 24.4 Å². The van der Waals surface area contributed by atoms with Gasteiger partial charge in [-0.15, -0.1) is 0 Å². The van der Waals surface area contributed by atoms with Crippen LogP contribution < -0.4 is 0 Å². The predicted molar refractivity (Wildman–Crippen MR) is 91.9 cm³/mol. The van der Waals surface area contributed by atoms with Gasteiger partial charge in [0.15, 0.2) is 0 Å². The number of hydrogen-bond acceptors (Lipinski definition) is 5.